The fraction of sp³-hybridized carbons (Fsp3) is 0.857. The van der Waals surface area contributed by atoms with Gasteiger partial charge in [-0.2, -0.15) is 0 Å². The van der Waals surface area contributed by atoms with E-state index in [-0.39, 0.29) is 0 Å². The zero-order chi connectivity index (χ0) is 11.0. The zero-order valence-electron chi connectivity index (χ0n) is 10.8. The Bertz CT molecular complexity index is 155. The van der Waals surface area contributed by atoms with Gasteiger partial charge in [0.05, 0.1) is 0 Å². The lowest BCUT2D eigenvalue weighted by Crippen LogP contribution is -1.98. The van der Waals surface area contributed by atoms with E-state index in [1.54, 1.807) is 5.57 Å². The molecule has 0 bridgehead atoms. The molecule has 0 amide bonds. The van der Waals surface area contributed by atoms with Crippen LogP contribution in [0.5, 0.6) is 0 Å². The first-order chi connectivity index (χ1) is 6.63. The van der Waals surface area contributed by atoms with Gasteiger partial charge in [0.15, 0.2) is 0 Å². The topological polar surface area (TPSA) is 0 Å². The highest BCUT2D eigenvalue weighted by Crippen LogP contribution is 2.21. The van der Waals surface area contributed by atoms with E-state index in [0.717, 1.165) is 11.8 Å². The van der Waals surface area contributed by atoms with Crippen LogP contribution in [0.4, 0.5) is 0 Å². The SMILES string of the molecule is CCCC(=CC(C)CC)CC(C)CC. The summed E-state index contributed by atoms with van der Waals surface area (Å²) in [5.41, 5.74) is 1.69. The van der Waals surface area contributed by atoms with Gasteiger partial charge in [-0.05, 0) is 24.7 Å². The van der Waals surface area contributed by atoms with Crippen LogP contribution in [-0.2, 0) is 0 Å². The summed E-state index contributed by atoms with van der Waals surface area (Å²) in [4.78, 5) is 0. The molecule has 0 aromatic heterocycles. The third-order valence-electron chi connectivity index (χ3n) is 3.04. The summed E-state index contributed by atoms with van der Waals surface area (Å²) < 4.78 is 0. The number of hydrogen-bond donors (Lipinski definition) is 0. The lowest BCUT2D eigenvalue weighted by atomic mass is 9.93. The Hall–Kier alpha value is -0.260. The van der Waals surface area contributed by atoms with E-state index in [1.807, 2.05) is 0 Å². The lowest BCUT2D eigenvalue weighted by Gasteiger charge is -2.13. The first kappa shape index (κ1) is 13.7. The Labute approximate surface area is 90.8 Å². The second-order valence-corrected chi connectivity index (χ2v) is 4.68. The molecular weight excluding hydrogens is 168 g/mol. The first-order valence-corrected chi connectivity index (χ1v) is 6.33. The van der Waals surface area contributed by atoms with Crippen molar-refractivity contribution in [3.63, 3.8) is 0 Å². The maximum atomic E-state index is 2.51. The normalized spacial score (nSPS) is 16.8. The molecule has 0 aliphatic carbocycles. The molecule has 0 fully saturated rings. The quantitative estimate of drug-likeness (QED) is 0.491. The molecule has 0 aromatic carbocycles. The number of hydrogen-bond acceptors (Lipinski definition) is 0. The Kier molecular flexibility index (Phi) is 7.93. The third-order valence-corrected chi connectivity index (χ3v) is 3.04. The summed E-state index contributed by atoms with van der Waals surface area (Å²) in [6.45, 7) is 11.5. The van der Waals surface area contributed by atoms with Crippen LogP contribution in [0.3, 0.4) is 0 Å². The van der Waals surface area contributed by atoms with Crippen LogP contribution in [0.25, 0.3) is 0 Å². The summed E-state index contributed by atoms with van der Waals surface area (Å²) in [7, 11) is 0. The van der Waals surface area contributed by atoms with Gasteiger partial charge in [-0.15, -0.1) is 0 Å². The molecule has 0 N–H and O–H groups in total. The van der Waals surface area contributed by atoms with Crippen molar-refractivity contribution in [1.29, 1.82) is 0 Å². The molecule has 2 atom stereocenters. The van der Waals surface area contributed by atoms with Crippen LogP contribution in [0.15, 0.2) is 11.6 Å². The van der Waals surface area contributed by atoms with Gasteiger partial charge in [-0.1, -0.05) is 65.5 Å². The van der Waals surface area contributed by atoms with Crippen LogP contribution in [0.1, 0.15) is 66.7 Å². The van der Waals surface area contributed by atoms with Gasteiger partial charge in [-0.25, -0.2) is 0 Å². The highest BCUT2D eigenvalue weighted by atomic mass is 14.1. The van der Waals surface area contributed by atoms with Crippen molar-refractivity contribution in [2.45, 2.75) is 66.7 Å². The van der Waals surface area contributed by atoms with Gasteiger partial charge >= 0.3 is 0 Å². The van der Waals surface area contributed by atoms with Crippen molar-refractivity contribution >= 4 is 0 Å². The standard InChI is InChI=1S/C14H28/c1-6-9-14(10-12(4)7-2)11-13(5)8-3/h10,12-13H,6-9,11H2,1-5H3. The minimum atomic E-state index is 0.764. The summed E-state index contributed by atoms with van der Waals surface area (Å²) in [5, 5.41) is 0. The van der Waals surface area contributed by atoms with Crippen molar-refractivity contribution in [2.75, 3.05) is 0 Å². The summed E-state index contributed by atoms with van der Waals surface area (Å²) in [6, 6.07) is 0. The second kappa shape index (κ2) is 8.08. The van der Waals surface area contributed by atoms with E-state index in [1.165, 1.54) is 32.1 Å². The predicted molar refractivity (Wildman–Crippen MR) is 66.5 cm³/mol. The summed E-state index contributed by atoms with van der Waals surface area (Å²) in [6.07, 6.45) is 8.99. The van der Waals surface area contributed by atoms with Crippen LogP contribution < -0.4 is 0 Å². The number of rotatable bonds is 7. The van der Waals surface area contributed by atoms with E-state index in [4.69, 9.17) is 0 Å². The van der Waals surface area contributed by atoms with Gasteiger partial charge in [0.2, 0.25) is 0 Å². The van der Waals surface area contributed by atoms with Gasteiger partial charge in [-0.3, -0.25) is 0 Å². The summed E-state index contributed by atoms with van der Waals surface area (Å²) >= 11 is 0. The van der Waals surface area contributed by atoms with Crippen molar-refractivity contribution in [3.05, 3.63) is 11.6 Å². The average molecular weight is 196 g/mol. The Morgan fingerprint density at radius 2 is 1.71 bits per heavy atom. The molecule has 0 saturated heterocycles. The smallest absolute Gasteiger partial charge is 0.0262 e. The maximum absolute atomic E-state index is 2.51. The lowest BCUT2D eigenvalue weighted by molar-refractivity contribution is 0.539. The van der Waals surface area contributed by atoms with E-state index >= 15 is 0 Å². The minimum absolute atomic E-state index is 0.764. The molecule has 0 aliphatic rings. The molecular formula is C14H28. The van der Waals surface area contributed by atoms with Crippen LogP contribution in [0, 0.1) is 11.8 Å². The van der Waals surface area contributed by atoms with Crippen LogP contribution >= 0.6 is 0 Å². The fourth-order valence-electron chi connectivity index (χ4n) is 1.69. The highest BCUT2D eigenvalue weighted by molar-refractivity contribution is 5.04. The molecule has 0 spiro atoms. The first-order valence-electron chi connectivity index (χ1n) is 6.33. The van der Waals surface area contributed by atoms with E-state index in [9.17, 15) is 0 Å². The fourth-order valence-corrected chi connectivity index (χ4v) is 1.69. The molecule has 14 heavy (non-hydrogen) atoms. The molecule has 0 aromatic rings. The van der Waals surface area contributed by atoms with Crippen LogP contribution in [0.2, 0.25) is 0 Å². The Morgan fingerprint density at radius 3 is 2.14 bits per heavy atom. The van der Waals surface area contributed by atoms with E-state index in [2.05, 4.69) is 40.7 Å². The molecule has 0 saturated carbocycles. The monoisotopic (exact) mass is 196 g/mol. The maximum Gasteiger partial charge on any atom is -0.0262 e. The van der Waals surface area contributed by atoms with Crippen molar-refractivity contribution in [2.24, 2.45) is 11.8 Å². The van der Waals surface area contributed by atoms with E-state index < -0.39 is 0 Å². The van der Waals surface area contributed by atoms with Gasteiger partial charge in [0.1, 0.15) is 0 Å². The highest BCUT2D eigenvalue weighted by Gasteiger charge is 2.04. The largest absolute Gasteiger partial charge is 0.0825 e. The zero-order valence-corrected chi connectivity index (χ0v) is 10.8. The third kappa shape index (κ3) is 6.23. The molecule has 0 heteroatoms. The molecule has 0 nitrogen and oxygen atoms in total. The summed E-state index contributed by atoms with van der Waals surface area (Å²) in [5.74, 6) is 1.62. The second-order valence-electron chi connectivity index (χ2n) is 4.68. The van der Waals surface area contributed by atoms with Gasteiger partial charge in [0.25, 0.3) is 0 Å². The van der Waals surface area contributed by atoms with Crippen molar-refractivity contribution in [1.82, 2.24) is 0 Å². The van der Waals surface area contributed by atoms with Gasteiger partial charge < -0.3 is 0 Å². The molecule has 0 rings (SSSR count). The Morgan fingerprint density at radius 1 is 1.07 bits per heavy atom. The predicted octanol–water partition coefficient (Wildman–Crippen LogP) is 5.20. The Balaban J connectivity index is 4.19. The molecule has 84 valence electrons. The average Bonchev–Trinajstić information content (AvgIpc) is 2.17. The van der Waals surface area contributed by atoms with E-state index in [0.29, 0.717) is 0 Å². The van der Waals surface area contributed by atoms with Crippen molar-refractivity contribution < 1.29 is 0 Å². The van der Waals surface area contributed by atoms with Gasteiger partial charge in [0, 0.05) is 0 Å². The van der Waals surface area contributed by atoms with Crippen molar-refractivity contribution in [3.8, 4) is 0 Å². The molecule has 0 heterocycles. The molecule has 0 aliphatic heterocycles. The van der Waals surface area contributed by atoms with Crippen LogP contribution in [-0.4, -0.2) is 0 Å². The number of allylic oxidation sites excluding steroid dienone is 2. The molecule has 2 unspecified atom stereocenters. The molecule has 0 radical (unpaired) electrons. The minimum Gasteiger partial charge on any atom is -0.0825 e.